The highest BCUT2D eigenvalue weighted by Gasteiger charge is 2.29. The summed E-state index contributed by atoms with van der Waals surface area (Å²) < 4.78 is 5.25. The van der Waals surface area contributed by atoms with Gasteiger partial charge in [-0.25, -0.2) is 0 Å². The van der Waals surface area contributed by atoms with Gasteiger partial charge in [-0.05, 0) is 30.5 Å². The molecular formula is C17H27ClN2O. The molecule has 0 spiro atoms. The van der Waals surface area contributed by atoms with Crippen molar-refractivity contribution in [3.63, 3.8) is 0 Å². The molecule has 1 fully saturated rings. The maximum Gasteiger partial charge on any atom is 0.137 e. The summed E-state index contributed by atoms with van der Waals surface area (Å²) in [5, 5.41) is 4.39. The van der Waals surface area contributed by atoms with Crippen molar-refractivity contribution in [3.05, 3.63) is 23.2 Å². The van der Waals surface area contributed by atoms with E-state index >= 15 is 0 Å². The van der Waals surface area contributed by atoms with Crippen LogP contribution in [-0.2, 0) is 0 Å². The molecule has 0 saturated carbocycles. The molecule has 2 rings (SSSR count). The number of piperazine rings is 1. The van der Waals surface area contributed by atoms with Crippen molar-refractivity contribution < 1.29 is 4.74 Å². The van der Waals surface area contributed by atoms with Gasteiger partial charge in [-0.1, -0.05) is 38.8 Å². The molecule has 3 nitrogen and oxygen atoms in total. The third-order valence-electron chi connectivity index (χ3n) is 4.72. The average molecular weight is 311 g/mol. The Bertz CT molecular complexity index is 466. The molecule has 1 aromatic rings. The van der Waals surface area contributed by atoms with E-state index < -0.39 is 0 Å². The van der Waals surface area contributed by atoms with Crippen molar-refractivity contribution >= 4 is 17.3 Å². The Balaban J connectivity index is 2.22. The Kier molecular flexibility index (Phi) is 5.77. The van der Waals surface area contributed by atoms with Crippen molar-refractivity contribution in [3.8, 4) is 5.75 Å². The molecule has 1 aromatic carbocycles. The van der Waals surface area contributed by atoms with Crippen molar-refractivity contribution in [2.45, 2.75) is 45.7 Å². The van der Waals surface area contributed by atoms with Crippen LogP contribution in [0.5, 0.6) is 5.75 Å². The van der Waals surface area contributed by atoms with Crippen LogP contribution in [0.1, 0.15) is 33.6 Å². The van der Waals surface area contributed by atoms with E-state index in [9.17, 15) is 0 Å². The average Bonchev–Trinajstić information content (AvgIpc) is 2.53. The molecule has 118 valence electrons. The molecular weight excluding hydrogens is 284 g/mol. The molecule has 1 heterocycles. The number of rotatable bonds is 5. The van der Waals surface area contributed by atoms with Gasteiger partial charge in [0.15, 0.2) is 0 Å². The third kappa shape index (κ3) is 3.64. The Morgan fingerprint density at radius 3 is 2.76 bits per heavy atom. The van der Waals surface area contributed by atoms with Crippen molar-refractivity contribution in [2.24, 2.45) is 5.92 Å². The molecule has 3 atom stereocenters. The van der Waals surface area contributed by atoms with Gasteiger partial charge in [-0.15, -0.1) is 0 Å². The number of anilines is 1. The number of ether oxygens (including phenoxy) is 1. The molecule has 3 unspecified atom stereocenters. The lowest BCUT2D eigenvalue weighted by Crippen LogP contribution is -2.58. The second-order valence-corrected chi connectivity index (χ2v) is 6.34. The summed E-state index contributed by atoms with van der Waals surface area (Å²) in [6.07, 6.45) is 2.33. The monoisotopic (exact) mass is 310 g/mol. The van der Waals surface area contributed by atoms with Gasteiger partial charge >= 0.3 is 0 Å². The molecule has 1 saturated heterocycles. The first-order valence-electron chi connectivity index (χ1n) is 7.94. The van der Waals surface area contributed by atoms with Gasteiger partial charge in [-0.2, -0.15) is 0 Å². The fourth-order valence-electron chi connectivity index (χ4n) is 3.00. The summed E-state index contributed by atoms with van der Waals surface area (Å²) in [5.74, 6) is 1.42. The zero-order valence-corrected chi connectivity index (χ0v) is 14.3. The van der Waals surface area contributed by atoms with E-state index in [1.54, 1.807) is 7.11 Å². The van der Waals surface area contributed by atoms with Crippen LogP contribution in [0.15, 0.2) is 18.2 Å². The molecule has 0 bridgehead atoms. The lowest BCUT2D eigenvalue weighted by molar-refractivity contribution is 0.306. The topological polar surface area (TPSA) is 24.5 Å². The predicted octanol–water partition coefficient (Wildman–Crippen LogP) is 3.95. The maximum absolute atomic E-state index is 6.30. The van der Waals surface area contributed by atoms with Gasteiger partial charge < -0.3 is 15.0 Å². The second kappa shape index (κ2) is 7.37. The minimum Gasteiger partial charge on any atom is -0.495 e. The van der Waals surface area contributed by atoms with E-state index in [1.807, 2.05) is 12.1 Å². The SMILES string of the molecule is CCC(C)C1CN(c2ccc(OC)c(Cl)c2)C(CC)CN1. The summed E-state index contributed by atoms with van der Waals surface area (Å²) in [4.78, 5) is 2.50. The van der Waals surface area contributed by atoms with Gasteiger partial charge in [0.05, 0.1) is 12.1 Å². The fourth-order valence-corrected chi connectivity index (χ4v) is 3.26. The molecule has 0 aliphatic carbocycles. The summed E-state index contributed by atoms with van der Waals surface area (Å²) in [6, 6.07) is 7.17. The third-order valence-corrected chi connectivity index (χ3v) is 5.01. The van der Waals surface area contributed by atoms with Crippen LogP contribution in [-0.4, -0.2) is 32.3 Å². The highest BCUT2D eigenvalue weighted by atomic mass is 35.5. The highest BCUT2D eigenvalue weighted by molar-refractivity contribution is 6.32. The lowest BCUT2D eigenvalue weighted by Gasteiger charge is -2.43. The normalized spacial score (nSPS) is 24.0. The number of benzene rings is 1. The summed E-state index contributed by atoms with van der Waals surface area (Å²) in [5.41, 5.74) is 1.20. The Morgan fingerprint density at radius 2 is 2.19 bits per heavy atom. The van der Waals surface area contributed by atoms with Crippen molar-refractivity contribution in [1.29, 1.82) is 0 Å². The van der Waals surface area contributed by atoms with E-state index in [1.165, 1.54) is 12.1 Å². The van der Waals surface area contributed by atoms with Gasteiger partial charge in [0.25, 0.3) is 0 Å². The first-order valence-corrected chi connectivity index (χ1v) is 8.32. The largest absolute Gasteiger partial charge is 0.495 e. The van der Waals surface area contributed by atoms with Gasteiger partial charge in [0.2, 0.25) is 0 Å². The van der Waals surface area contributed by atoms with E-state index in [0.717, 1.165) is 25.3 Å². The maximum atomic E-state index is 6.30. The molecule has 1 aliphatic heterocycles. The van der Waals surface area contributed by atoms with Gasteiger partial charge in [0.1, 0.15) is 5.75 Å². The summed E-state index contributed by atoms with van der Waals surface area (Å²) >= 11 is 6.30. The van der Waals surface area contributed by atoms with Crippen molar-refractivity contribution in [1.82, 2.24) is 5.32 Å². The zero-order valence-electron chi connectivity index (χ0n) is 13.5. The molecule has 0 aromatic heterocycles. The first kappa shape index (κ1) is 16.4. The molecule has 0 radical (unpaired) electrons. The standard InChI is InChI=1S/C17H27ClN2O/c1-5-12(3)16-11-20(13(6-2)10-19-16)14-7-8-17(21-4)15(18)9-14/h7-9,12-13,16,19H,5-6,10-11H2,1-4H3. The van der Waals surface area contributed by atoms with Crippen LogP contribution in [0.25, 0.3) is 0 Å². The number of hydrogen-bond acceptors (Lipinski definition) is 3. The predicted molar refractivity (Wildman–Crippen MR) is 90.7 cm³/mol. The Labute approximate surface area is 133 Å². The van der Waals surface area contributed by atoms with E-state index in [4.69, 9.17) is 16.3 Å². The lowest BCUT2D eigenvalue weighted by atomic mass is 9.94. The van der Waals surface area contributed by atoms with Gasteiger partial charge in [-0.3, -0.25) is 0 Å². The van der Waals surface area contributed by atoms with E-state index in [2.05, 4.69) is 37.1 Å². The summed E-state index contributed by atoms with van der Waals surface area (Å²) in [6.45, 7) is 8.90. The minimum absolute atomic E-state index is 0.523. The van der Waals surface area contributed by atoms with Crippen LogP contribution >= 0.6 is 11.6 Å². The summed E-state index contributed by atoms with van der Waals surface area (Å²) in [7, 11) is 1.65. The smallest absolute Gasteiger partial charge is 0.137 e. The Morgan fingerprint density at radius 1 is 1.43 bits per heavy atom. The first-order chi connectivity index (χ1) is 10.1. The zero-order chi connectivity index (χ0) is 15.4. The van der Waals surface area contributed by atoms with Crippen LogP contribution in [0.3, 0.4) is 0 Å². The van der Waals surface area contributed by atoms with E-state index in [0.29, 0.717) is 23.0 Å². The Hall–Kier alpha value is -0.930. The second-order valence-electron chi connectivity index (χ2n) is 5.93. The molecule has 0 amide bonds. The number of hydrogen-bond donors (Lipinski definition) is 1. The number of halogens is 1. The molecule has 1 aliphatic rings. The van der Waals surface area contributed by atoms with Gasteiger partial charge in [0, 0.05) is 30.9 Å². The van der Waals surface area contributed by atoms with Crippen molar-refractivity contribution in [2.75, 3.05) is 25.1 Å². The van der Waals surface area contributed by atoms with Crippen LogP contribution < -0.4 is 15.0 Å². The minimum atomic E-state index is 0.523. The van der Waals surface area contributed by atoms with Crippen LogP contribution in [0.4, 0.5) is 5.69 Å². The fraction of sp³-hybridized carbons (Fsp3) is 0.647. The van der Waals surface area contributed by atoms with E-state index in [-0.39, 0.29) is 0 Å². The molecule has 1 N–H and O–H groups in total. The van der Waals surface area contributed by atoms with Crippen LogP contribution in [0.2, 0.25) is 5.02 Å². The highest BCUT2D eigenvalue weighted by Crippen LogP contribution is 2.31. The molecule has 4 heteroatoms. The number of methoxy groups -OCH3 is 1. The number of nitrogens with one attached hydrogen (secondary N) is 1. The van der Waals surface area contributed by atoms with Crippen LogP contribution in [0, 0.1) is 5.92 Å². The quantitative estimate of drug-likeness (QED) is 0.891. The number of nitrogens with zero attached hydrogens (tertiary/aromatic N) is 1. The molecule has 21 heavy (non-hydrogen) atoms.